The van der Waals surface area contributed by atoms with Crippen LogP contribution in [0, 0.1) is 12.3 Å². The molecule has 0 bridgehead atoms. The van der Waals surface area contributed by atoms with E-state index in [0.717, 1.165) is 7.05 Å². The smallest absolute Gasteiger partial charge is 0.124 e. The fourth-order valence-electron chi connectivity index (χ4n) is 0.708. The summed E-state index contributed by atoms with van der Waals surface area (Å²) in [6, 6.07) is -6.53. The lowest BCUT2D eigenvalue weighted by atomic mass is 10.1. The van der Waals surface area contributed by atoms with Gasteiger partial charge in [0.1, 0.15) is 1.37 Å². The Morgan fingerprint density at radius 1 is 1.71 bits per heavy atom. The SMILES string of the molecule is [2H]C#CC([2H])([2H])N(C)[C@H](C([2H])([2H])[2H])C([2H])([2H])c1c([2H])c([2H])c([2H])c([2H])c1[2H]. The van der Waals surface area contributed by atoms with Crippen molar-refractivity contribution < 1.29 is 17.8 Å². The molecule has 1 aromatic carbocycles. The van der Waals surface area contributed by atoms with Crippen molar-refractivity contribution in [3.05, 3.63) is 35.8 Å². The Bertz CT molecular complexity index is 757. The third-order valence-electron chi connectivity index (χ3n) is 1.40. The molecule has 14 heavy (non-hydrogen) atoms. The molecule has 0 aliphatic heterocycles. The van der Waals surface area contributed by atoms with Crippen LogP contribution in [0.25, 0.3) is 0 Å². The summed E-state index contributed by atoms with van der Waals surface area (Å²) in [7, 11) is 0.939. The Labute approximate surface area is 105 Å². The van der Waals surface area contributed by atoms with E-state index in [4.69, 9.17) is 17.8 Å². The fourth-order valence-corrected chi connectivity index (χ4v) is 0.708. The van der Waals surface area contributed by atoms with Crippen molar-refractivity contribution >= 4 is 0 Å². The van der Waals surface area contributed by atoms with Gasteiger partial charge in [0.2, 0.25) is 0 Å². The molecule has 74 valence electrons. The molecule has 0 N–H and O–H groups in total. The first-order valence-electron chi connectivity index (χ1n) is 10.3. The lowest BCUT2D eigenvalue weighted by Crippen LogP contribution is -2.31. The van der Waals surface area contributed by atoms with Gasteiger partial charge in [0, 0.05) is 12.9 Å². The maximum Gasteiger partial charge on any atom is 0.124 e. The molecule has 0 aliphatic rings. The van der Waals surface area contributed by atoms with Crippen LogP contribution in [0.15, 0.2) is 30.2 Å². The monoisotopic (exact) mass is 200 g/mol. The molecule has 1 nitrogen and oxygen atoms in total. The van der Waals surface area contributed by atoms with Crippen LogP contribution >= 0.6 is 0 Å². The summed E-state index contributed by atoms with van der Waals surface area (Å²) >= 11 is 0. The zero-order chi connectivity index (χ0) is 21.5. The van der Waals surface area contributed by atoms with Crippen LogP contribution in [0.2, 0.25) is 0 Å². The molecule has 0 amide bonds. The number of rotatable bonds is 4. The molecule has 1 heteroatoms. The first kappa shape index (κ1) is 2.65. The summed E-state index contributed by atoms with van der Waals surface area (Å²) in [5.74, 6) is 1.82. The minimum absolute atomic E-state index is 0.447. The number of nitrogens with zero attached hydrogens (tertiary/aromatic N) is 1. The van der Waals surface area contributed by atoms with E-state index in [1.165, 1.54) is 0 Å². The first-order chi connectivity index (χ1) is 12.0. The van der Waals surface area contributed by atoms with E-state index < -0.39 is 61.5 Å². The van der Waals surface area contributed by atoms with E-state index in [1.807, 2.05) is 5.92 Å². The van der Waals surface area contributed by atoms with Crippen LogP contribution < -0.4 is 0 Å². The second-order valence-electron chi connectivity index (χ2n) is 2.39. The van der Waals surface area contributed by atoms with E-state index in [2.05, 4.69) is 0 Å². The molecule has 1 rings (SSSR count). The molecule has 0 saturated carbocycles. The van der Waals surface area contributed by atoms with Crippen molar-refractivity contribution in [3.63, 3.8) is 0 Å². The summed E-state index contributed by atoms with van der Waals surface area (Å²) in [5, 5.41) is 0. The Balaban J connectivity index is 3.82. The molecule has 0 heterocycles. The third-order valence-corrected chi connectivity index (χ3v) is 1.40. The summed E-state index contributed by atoms with van der Waals surface area (Å²) in [4.78, 5) is 0.447. The second kappa shape index (κ2) is 5.47. The number of hydrogen-bond donors (Lipinski definition) is 0. The van der Waals surface area contributed by atoms with Crippen LogP contribution in [-0.2, 0) is 6.37 Å². The minimum atomic E-state index is -3.15. The molecular weight excluding hydrogens is 170 g/mol. The van der Waals surface area contributed by atoms with Gasteiger partial charge in [-0.2, -0.15) is 0 Å². The lowest BCUT2D eigenvalue weighted by Gasteiger charge is -2.22. The Kier molecular flexibility index (Phi) is 1.03. The summed E-state index contributed by atoms with van der Waals surface area (Å²) < 4.78 is 101. The normalized spacial score (nSPS) is 28.3. The van der Waals surface area contributed by atoms with Gasteiger partial charge in [0.05, 0.1) is 16.1 Å². The zero-order valence-corrected chi connectivity index (χ0v) is 7.52. The average molecular weight is 200 g/mol. The average Bonchev–Trinajstić information content (AvgIpc) is 2.49. The van der Waals surface area contributed by atoms with Gasteiger partial charge in [-0.3, -0.25) is 4.90 Å². The molecule has 1 aromatic rings. The topological polar surface area (TPSA) is 3.24 Å². The highest BCUT2D eigenvalue weighted by atomic mass is 15.1. The second-order valence-corrected chi connectivity index (χ2v) is 2.39. The highest BCUT2D eigenvalue weighted by Gasteiger charge is 2.07. The molecule has 0 aromatic heterocycles. The number of likely N-dealkylation sites (N-methyl/N-ethyl adjacent to an activating group) is 1. The molecule has 0 spiro atoms. The van der Waals surface area contributed by atoms with E-state index in [-0.39, 0.29) is 0 Å². The van der Waals surface area contributed by atoms with Gasteiger partial charge < -0.3 is 0 Å². The van der Waals surface area contributed by atoms with Crippen LogP contribution in [0.5, 0.6) is 0 Å². The molecular formula is C13H17N. The summed E-state index contributed by atoms with van der Waals surface area (Å²) in [6.45, 7) is -5.88. The summed E-state index contributed by atoms with van der Waals surface area (Å²) in [6.07, 6.45) is -1.53. The minimum Gasteiger partial charge on any atom is -0.292 e. The van der Waals surface area contributed by atoms with Crippen LogP contribution in [0.1, 0.15) is 30.2 Å². The van der Waals surface area contributed by atoms with Crippen LogP contribution in [0.4, 0.5) is 0 Å². The third kappa shape index (κ3) is 3.24. The van der Waals surface area contributed by atoms with Crippen molar-refractivity contribution in [3.8, 4) is 12.3 Å². The Hall–Kier alpha value is -1.26. The lowest BCUT2D eigenvalue weighted by molar-refractivity contribution is 0.287. The predicted molar refractivity (Wildman–Crippen MR) is 61.1 cm³/mol. The van der Waals surface area contributed by atoms with Crippen LogP contribution in [-0.4, -0.2) is 24.5 Å². The van der Waals surface area contributed by atoms with Crippen molar-refractivity contribution in [1.82, 2.24) is 4.90 Å². The molecule has 0 radical (unpaired) electrons. The number of terminal acetylenes is 1. The van der Waals surface area contributed by atoms with Crippen molar-refractivity contribution in [2.75, 3.05) is 13.5 Å². The molecule has 0 fully saturated rings. The van der Waals surface area contributed by atoms with Gasteiger partial charge in [-0.05, 0) is 25.8 Å². The maximum absolute atomic E-state index is 8.30. The molecule has 0 unspecified atom stereocenters. The Morgan fingerprint density at radius 3 is 3.14 bits per heavy atom. The standard InChI is InChI=1S/C13H17N/c1-4-10-14(3)12(2)11-13-8-6-5-7-9-13/h1,5-9,12H,10-11H2,2-3H3/t12-/m1/s1/i1D,2D3,5D,6D,7D,8D,9D,10D2,11D2. The van der Waals surface area contributed by atoms with Crippen molar-refractivity contribution in [1.29, 1.82) is 0 Å². The van der Waals surface area contributed by atoms with Crippen molar-refractivity contribution in [2.45, 2.75) is 19.3 Å². The molecule has 0 saturated heterocycles. The van der Waals surface area contributed by atoms with Gasteiger partial charge >= 0.3 is 0 Å². The van der Waals surface area contributed by atoms with Gasteiger partial charge in [0.25, 0.3) is 0 Å². The quantitative estimate of drug-likeness (QED) is 0.673. The number of benzene rings is 1. The van der Waals surface area contributed by atoms with Gasteiger partial charge in [-0.25, -0.2) is 0 Å². The molecule has 0 aliphatic carbocycles. The molecule has 1 atom stereocenters. The summed E-state index contributed by atoms with van der Waals surface area (Å²) in [5.41, 5.74) is -0.892. The predicted octanol–water partition coefficient (Wildman–Crippen LogP) is 2.18. The Morgan fingerprint density at radius 2 is 2.50 bits per heavy atom. The van der Waals surface area contributed by atoms with Gasteiger partial charge in [-0.1, -0.05) is 36.1 Å². The highest BCUT2D eigenvalue weighted by Crippen LogP contribution is 2.06. The van der Waals surface area contributed by atoms with Crippen molar-refractivity contribution in [2.24, 2.45) is 0 Å². The zero-order valence-electron chi connectivity index (χ0n) is 20.5. The van der Waals surface area contributed by atoms with E-state index >= 15 is 0 Å². The maximum atomic E-state index is 8.30. The largest absolute Gasteiger partial charge is 0.292 e. The fraction of sp³-hybridized carbons (Fsp3) is 0.385. The van der Waals surface area contributed by atoms with E-state index in [9.17, 15) is 0 Å². The van der Waals surface area contributed by atoms with Gasteiger partial charge in [0.15, 0.2) is 0 Å². The van der Waals surface area contributed by atoms with Gasteiger partial charge in [-0.15, -0.1) is 6.40 Å². The number of hydrogen-bond acceptors (Lipinski definition) is 1. The van der Waals surface area contributed by atoms with Crippen LogP contribution in [0.3, 0.4) is 0 Å². The van der Waals surface area contributed by atoms with E-state index in [1.54, 1.807) is 6.40 Å². The van der Waals surface area contributed by atoms with E-state index in [0.29, 0.717) is 4.90 Å². The highest BCUT2D eigenvalue weighted by molar-refractivity contribution is 5.15. The first-order valence-corrected chi connectivity index (χ1v) is 3.76.